The van der Waals surface area contributed by atoms with Gasteiger partial charge in [0, 0.05) is 17.2 Å². The largest absolute Gasteiger partial charge is 0.269 e. The lowest BCUT2D eigenvalue weighted by atomic mass is 10.2. The molecule has 0 unspecified atom stereocenters. The Labute approximate surface area is 137 Å². The van der Waals surface area contributed by atoms with Gasteiger partial charge in [-0.1, -0.05) is 11.6 Å². The molecule has 116 valence electrons. The smallest absolute Gasteiger partial charge is 0.258 e. The third-order valence-electron chi connectivity index (χ3n) is 2.93. The van der Waals surface area contributed by atoms with Crippen LogP contribution >= 0.6 is 11.6 Å². The molecule has 0 heterocycles. The van der Waals surface area contributed by atoms with Crippen LogP contribution in [0.2, 0.25) is 5.02 Å². The molecule has 0 fully saturated rings. The molecular formula is C15H9ClN2O4S. The van der Waals surface area contributed by atoms with Crippen LogP contribution in [0.3, 0.4) is 0 Å². The van der Waals surface area contributed by atoms with Crippen molar-refractivity contribution < 1.29 is 13.3 Å². The third-order valence-corrected chi connectivity index (χ3v) is 4.86. The minimum Gasteiger partial charge on any atom is -0.258 e. The fourth-order valence-corrected chi connectivity index (χ4v) is 3.04. The number of rotatable bonds is 4. The molecule has 23 heavy (non-hydrogen) atoms. The SMILES string of the molecule is N#C/C(=C/c1ccc([N+](=O)[O-])cc1)S(=O)(=O)c1ccc(Cl)cc1. The fraction of sp³-hybridized carbons (Fsp3) is 0. The van der Waals surface area contributed by atoms with E-state index in [0.29, 0.717) is 10.6 Å². The van der Waals surface area contributed by atoms with Gasteiger partial charge in [0.15, 0.2) is 0 Å². The number of nitrogens with zero attached hydrogens (tertiary/aromatic N) is 2. The third kappa shape index (κ3) is 3.74. The van der Waals surface area contributed by atoms with E-state index in [9.17, 15) is 18.5 Å². The molecule has 0 atom stereocenters. The first-order chi connectivity index (χ1) is 10.8. The van der Waals surface area contributed by atoms with Crippen LogP contribution < -0.4 is 0 Å². The zero-order valence-electron chi connectivity index (χ0n) is 11.5. The number of benzene rings is 2. The number of non-ortho nitro benzene ring substituents is 1. The van der Waals surface area contributed by atoms with Crippen LogP contribution in [0.15, 0.2) is 58.3 Å². The van der Waals surface area contributed by atoms with Gasteiger partial charge in [0.1, 0.15) is 11.0 Å². The number of hydrogen-bond donors (Lipinski definition) is 0. The molecule has 0 aliphatic rings. The van der Waals surface area contributed by atoms with E-state index in [2.05, 4.69) is 0 Å². The molecule has 0 bridgehead atoms. The van der Waals surface area contributed by atoms with Crippen molar-refractivity contribution in [3.63, 3.8) is 0 Å². The highest BCUT2D eigenvalue weighted by Crippen LogP contribution is 2.23. The second-order valence-corrected chi connectivity index (χ2v) is 6.78. The second-order valence-electron chi connectivity index (χ2n) is 4.43. The zero-order valence-corrected chi connectivity index (χ0v) is 13.1. The van der Waals surface area contributed by atoms with Crippen molar-refractivity contribution in [1.82, 2.24) is 0 Å². The lowest BCUT2D eigenvalue weighted by Gasteiger charge is -2.03. The summed E-state index contributed by atoms with van der Waals surface area (Å²) >= 11 is 5.72. The van der Waals surface area contributed by atoms with Crippen LogP contribution in [0.4, 0.5) is 5.69 Å². The van der Waals surface area contributed by atoms with Gasteiger partial charge in [0.05, 0.1) is 9.82 Å². The minimum absolute atomic E-state index is 0.0587. The Bertz CT molecular complexity index is 911. The number of hydrogen-bond acceptors (Lipinski definition) is 5. The van der Waals surface area contributed by atoms with Gasteiger partial charge < -0.3 is 0 Å². The van der Waals surface area contributed by atoms with Gasteiger partial charge in [-0.15, -0.1) is 0 Å². The molecule has 0 saturated heterocycles. The van der Waals surface area contributed by atoms with E-state index < -0.39 is 19.7 Å². The van der Waals surface area contributed by atoms with Gasteiger partial charge in [0.2, 0.25) is 9.84 Å². The maximum absolute atomic E-state index is 12.4. The highest BCUT2D eigenvalue weighted by Gasteiger charge is 2.20. The number of nitro groups is 1. The van der Waals surface area contributed by atoms with E-state index in [0.717, 1.165) is 6.08 Å². The normalized spacial score (nSPS) is 11.7. The molecular weight excluding hydrogens is 340 g/mol. The Kier molecular flexibility index (Phi) is 4.79. The summed E-state index contributed by atoms with van der Waals surface area (Å²) in [6.45, 7) is 0. The molecule has 8 heteroatoms. The first-order valence-corrected chi connectivity index (χ1v) is 8.07. The highest BCUT2D eigenvalue weighted by molar-refractivity contribution is 7.95. The summed E-state index contributed by atoms with van der Waals surface area (Å²) in [5.74, 6) is 0. The standard InChI is InChI=1S/C15H9ClN2O4S/c16-12-3-7-14(8-4-12)23(21,22)15(10-17)9-11-1-5-13(6-2-11)18(19)20/h1-9H/b15-9-. The summed E-state index contributed by atoms with van der Waals surface area (Å²) in [6, 6.07) is 12.3. The average molecular weight is 349 g/mol. The number of sulfone groups is 1. The monoisotopic (exact) mass is 348 g/mol. The lowest BCUT2D eigenvalue weighted by molar-refractivity contribution is -0.384. The predicted octanol–water partition coefficient (Wildman–Crippen LogP) is 3.59. The topological polar surface area (TPSA) is 101 Å². The van der Waals surface area contributed by atoms with Gasteiger partial charge in [-0.25, -0.2) is 8.42 Å². The Hall–Kier alpha value is -2.69. The Morgan fingerprint density at radius 3 is 2.17 bits per heavy atom. The molecule has 0 aliphatic carbocycles. The van der Waals surface area contributed by atoms with E-state index >= 15 is 0 Å². The molecule has 0 saturated carbocycles. The van der Waals surface area contributed by atoms with E-state index in [1.807, 2.05) is 0 Å². The summed E-state index contributed by atoms with van der Waals surface area (Å²) in [5.41, 5.74) is 0.242. The molecule has 0 aliphatic heterocycles. The predicted molar refractivity (Wildman–Crippen MR) is 85.3 cm³/mol. The van der Waals surface area contributed by atoms with Crippen molar-refractivity contribution >= 4 is 33.2 Å². The molecule has 0 spiro atoms. The molecule has 2 aromatic carbocycles. The van der Waals surface area contributed by atoms with E-state index in [4.69, 9.17) is 16.9 Å². The van der Waals surface area contributed by atoms with Crippen molar-refractivity contribution in [3.8, 4) is 6.07 Å². The van der Waals surface area contributed by atoms with Gasteiger partial charge in [0.25, 0.3) is 5.69 Å². The summed E-state index contributed by atoms with van der Waals surface area (Å²) in [7, 11) is -3.99. The Morgan fingerprint density at radius 2 is 1.70 bits per heavy atom. The summed E-state index contributed by atoms with van der Waals surface area (Å²) < 4.78 is 24.8. The Balaban J connectivity index is 2.44. The summed E-state index contributed by atoms with van der Waals surface area (Å²) in [5, 5.41) is 20.1. The number of nitro benzene ring substituents is 1. The molecule has 0 radical (unpaired) electrons. The highest BCUT2D eigenvalue weighted by atomic mass is 35.5. The van der Waals surface area contributed by atoms with Crippen LogP contribution in [-0.2, 0) is 9.84 Å². The van der Waals surface area contributed by atoms with E-state index in [-0.39, 0.29) is 10.6 Å². The maximum atomic E-state index is 12.4. The first-order valence-electron chi connectivity index (χ1n) is 6.21. The maximum Gasteiger partial charge on any atom is 0.269 e. The minimum atomic E-state index is -3.99. The van der Waals surface area contributed by atoms with Gasteiger partial charge >= 0.3 is 0 Å². The van der Waals surface area contributed by atoms with Crippen molar-refractivity contribution in [2.45, 2.75) is 4.90 Å². The number of nitriles is 1. The molecule has 0 amide bonds. The van der Waals surface area contributed by atoms with Gasteiger partial charge in [-0.3, -0.25) is 10.1 Å². The van der Waals surface area contributed by atoms with E-state index in [1.165, 1.54) is 48.5 Å². The van der Waals surface area contributed by atoms with Crippen LogP contribution in [0, 0.1) is 21.4 Å². The first kappa shape index (κ1) is 16.7. The quantitative estimate of drug-likeness (QED) is 0.477. The second kappa shape index (κ2) is 6.60. The Morgan fingerprint density at radius 1 is 1.13 bits per heavy atom. The zero-order chi connectivity index (χ0) is 17.0. The fourth-order valence-electron chi connectivity index (χ4n) is 1.75. The van der Waals surface area contributed by atoms with Gasteiger partial charge in [-0.2, -0.15) is 5.26 Å². The summed E-state index contributed by atoms with van der Waals surface area (Å²) in [6.07, 6.45) is 1.16. The summed E-state index contributed by atoms with van der Waals surface area (Å²) in [4.78, 5) is 9.50. The number of halogens is 1. The lowest BCUT2D eigenvalue weighted by Crippen LogP contribution is -2.03. The van der Waals surface area contributed by atoms with Crippen LogP contribution in [0.1, 0.15) is 5.56 Å². The van der Waals surface area contributed by atoms with Crippen LogP contribution in [0.5, 0.6) is 0 Å². The average Bonchev–Trinajstić information content (AvgIpc) is 2.53. The van der Waals surface area contributed by atoms with Crippen molar-refractivity contribution in [2.75, 3.05) is 0 Å². The molecule has 0 aromatic heterocycles. The van der Waals surface area contributed by atoms with Crippen LogP contribution in [0.25, 0.3) is 6.08 Å². The van der Waals surface area contributed by atoms with Crippen molar-refractivity contribution in [3.05, 3.63) is 74.1 Å². The van der Waals surface area contributed by atoms with Crippen molar-refractivity contribution in [1.29, 1.82) is 5.26 Å². The van der Waals surface area contributed by atoms with Crippen molar-refractivity contribution in [2.24, 2.45) is 0 Å². The van der Waals surface area contributed by atoms with Crippen LogP contribution in [-0.4, -0.2) is 13.3 Å². The molecule has 2 aromatic rings. The van der Waals surface area contributed by atoms with E-state index in [1.54, 1.807) is 6.07 Å². The molecule has 6 nitrogen and oxygen atoms in total. The molecule has 0 N–H and O–H groups in total. The molecule has 2 rings (SSSR count). The van der Waals surface area contributed by atoms with Gasteiger partial charge in [-0.05, 0) is 48.0 Å². The number of allylic oxidation sites excluding steroid dienone is 1.